The number of terminal acetylenes is 1. The molecule has 0 amide bonds. The van der Waals surface area contributed by atoms with Crippen LogP contribution >= 0.6 is 0 Å². The topological polar surface area (TPSA) is 38.7 Å². The van der Waals surface area contributed by atoms with Crippen LogP contribution in [0, 0.1) is 12.5 Å². The van der Waals surface area contributed by atoms with Crippen LogP contribution in [0.4, 0.5) is 0 Å². The molecule has 0 bridgehead atoms. The van der Waals surface area contributed by atoms with E-state index in [2.05, 4.69) is 6.04 Å². The molecule has 0 spiro atoms. The van der Waals surface area contributed by atoms with Crippen LogP contribution < -0.4 is 0 Å². The number of rotatable bonds is 7. The van der Waals surface area contributed by atoms with Crippen LogP contribution in [0.15, 0.2) is 0 Å². The SMILES string of the molecule is C#C[N+](C)(C)CC(COCC)OCO. The maximum absolute atomic E-state index is 8.67. The highest BCUT2D eigenvalue weighted by atomic mass is 16.6. The first kappa shape index (κ1) is 13.4. The van der Waals surface area contributed by atoms with Crippen molar-refractivity contribution in [2.24, 2.45) is 0 Å². The molecule has 0 aromatic carbocycles. The molecule has 1 atom stereocenters. The van der Waals surface area contributed by atoms with Gasteiger partial charge in [0.1, 0.15) is 25.5 Å². The van der Waals surface area contributed by atoms with E-state index in [1.807, 2.05) is 21.0 Å². The normalized spacial score (nSPS) is 13.6. The molecule has 0 rings (SSSR count). The van der Waals surface area contributed by atoms with Crippen molar-refractivity contribution in [3.8, 4) is 12.5 Å². The van der Waals surface area contributed by atoms with Gasteiger partial charge in [-0.2, -0.15) is 0 Å². The summed E-state index contributed by atoms with van der Waals surface area (Å²) in [5.74, 6) is 0. The number of nitrogens with zero attached hydrogens (tertiary/aromatic N) is 1. The lowest BCUT2D eigenvalue weighted by atomic mass is 10.3. The van der Waals surface area contributed by atoms with Gasteiger partial charge in [-0.3, -0.25) is 0 Å². The first-order valence-corrected chi connectivity index (χ1v) is 4.66. The molecular formula is C10H20NO3+. The molecule has 4 nitrogen and oxygen atoms in total. The fourth-order valence-electron chi connectivity index (χ4n) is 1.07. The van der Waals surface area contributed by atoms with Gasteiger partial charge in [-0.25, -0.2) is 4.48 Å². The molecule has 0 aliphatic rings. The van der Waals surface area contributed by atoms with Crippen molar-refractivity contribution in [3.05, 3.63) is 0 Å². The number of likely N-dealkylation sites (N-methyl/N-ethyl adjacent to an activating group) is 1. The van der Waals surface area contributed by atoms with Gasteiger partial charge in [0.25, 0.3) is 0 Å². The van der Waals surface area contributed by atoms with Crippen LogP contribution in [0.5, 0.6) is 0 Å². The summed E-state index contributed by atoms with van der Waals surface area (Å²) in [6.45, 7) is 3.33. The summed E-state index contributed by atoms with van der Waals surface area (Å²) in [5, 5.41) is 8.67. The van der Waals surface area contributed by atoms with Crippen LogP contribution in [-0.2, 0) is 9.47 Å². The maximum Gasteiger partial charge on any atom is 0.144 e. The molecule has 0 heterocycles. The van der Waals surface area contributed by atoms with Gasteiger partial charge < -0.3 is 14.6 Å². The monoisotopic (exact) mass is 202 g/mol. The maximum atomic E-state index is 8.67. The van der Waals surface area contributed by atoms with Crippen LogP contribution in [0.2, 0.25) is 0 Å². The molecule has 82 valence electrons. The van der Waals surface area contributed by atoms with Gasteiger partial charge >= 0.3 is 0 Å². The largest absolute Gasteiger partial charge is 0.379 e. The predicted octanol–water partition coefficient (Wildman–Crippen LogP) is 0.0250. The van der Waals surface area contributed by atoms with Gasteiger partial charge in [0, 0.05) is 6.61 Å². The average molecular weight is 202 g/mol. The van der Waals surface area contributed by atoms with Crippen molar-refractivity contribution in [2.75, 3.05) is 40.6 Å². The lowest BCUT2D eigenvalue weighted by Gasteiger charge is -2.26. The molecule has 14 heavy (non-hydrogen) atoms. The highest BCUT2D eigenvalue weighted by Crippen LogP contribution is 2.02. The van der Waals surface area contributed by atoms with E-state index in [4.69, 9.17) is 21.0 Å². The Labute approximate surface area is 86.0 Å². The Balaban J connectivity index is 4.02. The van der Waals surface area contributed by atoms with E-state index in [1.54, 1.807) is 0 Å². The number of hydrogen-bond acceptors (Lipinski definition) is 3. The molecule has 0 aliphatic carbocycles. The first-order valence-electron chi connectivity index (χ1n) is 4.66. The zero-order chi connectivity index (χ0) is 11.0. The van der Waals surface area contributed by atoms with Crippen molar-refractivity contribution in [1.82, 2.24) is 0 Å². The molecule has 1 N–H and O–H groups in total. The van der Waals surface area contributed by atoms with Crippen molar-refractivity contribution < 1.29 is 19.1 Å². The van der Waals surface area contributed by atoms with E-state index in [-0.39, 0.29) is 12.9 Å². The fourth-order valence-corrected chi connectivity index (χ4v) is 1.07. The third-order valence-corrected chi connectivity index (χ3v) is 1.83. The Kier molecular flexibility index (Phi) is 6.50. The van der Waals surface area contributed by atoms with Gasteiger partial charge in [0.2, 0.25) is 0 Å². The van der Waals surface area contributed by atoms with Gasteiger partial charge in [-0.1, -0.05) is 6.42 Å². The number of hydrogen-bond donors (Lipinski definition) is 1. The third-order valence-electron chi connectivity index (χ3n) is 1.83. The van der Waals surface area contributed by atoms with Crippen molar-refractivity contribution in [3.63, 3.8) is 0 Å². The van der Waals surface area contributed by atoms with Gasteiger partial charge in [-0.05, 0) is 6.92 Å². The minimum Gasteiger partial charge on any atom is -0.379 e. The second-order valence-corrected chi connectivity index (χ2v) is 3.57. The number of ether oxygens (including phenoxy) is 2. The summed E-state index contributed by atoms with van der Waals surface area (Å²) in [6, 6.07) is 2.63. The summed E-state index contributed by atoms with van der Waals surface area (Å²) in [7, 11) is 3.80. The summed E-state index contributed by atoms with van der Waals surface area (Å²) in [4.78, 5) is 0. The summed E-state index contributed by atoms with van der Waals surface area (Å²) >= 11 is 0. The Morgan fingerprint density at radius 3 is 2.57 bits per heavy atom. The first-order chi connectivity index (χ1) is 6.55. The summed E-state index contributed by atoms with van der Waals surface area (Å²) in [5.41, 5.74) is 0. The molecule has 1 unspecified atom stereocenters. The standard InChI is InChI=1S/C10H20NO3/c1-5-11(3,4)7-10(14-9-12)8-13-6-2/h1,10,12H,6-9H2,2-4H3/q+1. The molecule has 0 aliphatic heterocycles. The molecule has 0 aromatic rings. The lowest BCUT2D eigenvalue weighted by molar-refractivity contribution is -0.826. The Hall–Kier alpha value is -0.600. The predicted molar refractivity (Wildman–Crippen MR) is 54.3 cm³/mol. The van der Waals surface area contributed by atoms with E-state index in [0.717, 1.165) is 0 Å². The van der Waals surface area contributed by atoms with E-state index in [1.165, 1.54) is 0 Å². The van der Waals surface area contributed by atoms with E-state index < -0.39 is 0 Å². The molecule has 0 radical (unpaired) electrons. The zero-order valence-corrected chi connectivity index (χ0v) is 9.19. The summed E-state index contributed by atoms with van der Waals surface area (Å²) < 4.78 is 10.7. The van der Waals surface area contributed by atoms with Crippen LogP contribution in [0.3, 0.4) is 0 Å². The molecular weight excluding hydrogens is 182 g/mol. The molecule has 0 saturated carbocycles. The highest BCUT2D eigenvalue weighted by Gasteiger charge is 2.21. The van der Waals surface area contributed by atoms with Gasteiger partial charge in [0.15, 0.2) is 0 Å². The zero-order valence-electron chi connectivity index (χ0n) is 9.19. The van der Waals surface area contributed by atoms with Gasteiger partial charge in [-0.15, -0.1) is 0 Å². The fraction of sp³-hybridized carbons (Fsp3) is 0.800. The Bertz CT molecular complexity index is 186. The molecule has 0 fully saturated rings. The Morgan fingerprint density at radius 2 is 2.14 bits per heavy atom. The highest BCUT2D eigenvalue weighted by molar-refractivity contribution is 4.71. The Morgan fingerprint density at radius 1 is 1.50 bits per heavy atom. The average Bonchev–Trinajstić information content (AvgIpc) is 2.14. The lowest BCUT2D eigenvalue weighted by Crippen LogP contribution is -2.43. The van der Waals surface area contributed by atoms with Crippen LogP contribution in [0.25, 0.3) is 0 Å². The quantitative estimate of drug-likeness (QED) is 0.359. The minimum atomic E-state index is -0.303. The second-order valence-electron chi connectivity index (χ2n) is 3.57. The van der Waals surface area contributed by atoms with Crippen molar-refractivity contribution >= 4 is 0 Å². The van der Waals surface area contributed by atoms with Crippen LogP contribution in [0.1, 0.15) is 6.92 Å². The van der Waals surface area contributed by atoms with Crippen molar-refractivity contribution in [2.45, 2.75) is 13.0 Å². The number of aliphatic hydroxyl groups excluding tert-OH is 1. The van der Waals surface area contributed by atoms with E-state index >= 15 is 0 Å². The van der Waals surface area contributed by atoms with Gasteiger partial charge in [0.05, 0.1) is 20.7 Å². The van der Waals surface area contributed by atoms with E-state index in [9.17, 15) is 0 Å². The molecule has 0 saturated heterocycles. The molecule has 0 aromatic heterocycles. The number of aliphatic hydroxyl groups is 1. The molecule has 4 heteroatoms. The van der Waals surface area contributed by atoms with Crippen LogP contribution in [-0.4, -0.2) is 56.3 Å². The van der Waals surface area contributed by atoms with E-state index in [0.29, 0.717) is 24.2 Å². The smallest absolute Gasteiger partial charge is 0.144 e. The minimum absolute atomic E-state index is 0.161. The van der Waals surface area contributed by atoms with Crippen molar-refractivity contribution in [1.29, 1.82) is 0 Å². The third kappa shape index (κ3) is 5.95. The summed E-state index contributed by atoms with van der Waals surface area (Å²) in [6.07, 6.45) is 5.18. The second kappa shape index (κ2) is 6.80. The number of quaternary nitrogens is 1.